The topological polar surface area (TPSA) is 29.5 Å². The molecule has 130 valence electrons. The smallest absolute Gasteiger partial charge is 0.246 e. The molecule has 0 N–H and O–H groups in total. The number of ether oxygens (including phenoxy) is 1. The lowest BCUT2D eigenvalue weighted by atomic mass is 10.1. The molecule has 3 nitrogen and oxygen atoms in total. The molecule has 0 heterocycles. The third-order valence-corrected chi connectivity index (χ3v) is 4.79. The Labute approximate surface area is 149 Å². The van der Waals surface area contributed by atoms with E-state index in [-0.39, 0.29) is 5.91 Å². The van der Waals surface area contributed by atoms with Crippen LogP contribution in [-0.2, 0) is 11.4 Å². The average molecular weight is 335 g/mol. The molecule has 1 unspecified atom stereocenters. The van der Waals surface area contributed by atoms with Gasteiger partial charge in [-0.05, 0) is 55.0 Å². The molecule has 1 amide bonds. The zero-order valence-electron chi connectivity index (χ0n) is 14.9. The summed E-state index contributed by atoms with van der Waals surface area (Å²) in [6, 6.07) is 18.2. The number of nitrogens with zero attached hydrogens (tertiary/aromatic N) is 1. The number of hydrogen-bond donors (Lipinski definition) is 0. The Morgan fingerprint density at radius 2 is 1.96 bits per heavy atom. The van der Waals surface area contributed by atoms with E-state index in [9.17, 15) is 4.79 Å². The number of amides is 1. The molecular formula is C22H25NO2. The van der Waals surface area contributed by atoms with Crippen molar-refractivity contribution in [1.29, 1.82) is 0 Å². The number of carbonyl (C=O) groups excluding carboxylic acids is 1. The minimum Gasteiger partial charge on any atom is -0.489 e. The van der Waals surface area contributed by atoms with E-state index in [4.69, 9.17) is 4.74 Å². The van der Waals surface area contributed by atoms with Gasteiger partial charge in [-0.15, -0.1) is 0 Å². The van der Waals surface area contributed by atoms with Gasteiger partial charge in [0.2, 0.25) is 5.91 Å². The van der Waals surface area contributed by atoms with Crippen molar-refractivity contribution in [2.75, 3.05) is 7.05 Å². The van der Waals surface area contributed by atoms with Crippen LogP contribution in [0.4, 0.5) is 0 Å². The zero-order chi connectivity index (χ0) is 17.6. The molecule has 0 spiro atoms. The van der Waals surface area contributed by atoms with Crippen molar-refractivity contribution in [2.45, 2.75) is 32.4 Å². The summed E-state index contributed by atoms with van der Waals surface area (Å²) in [4.78, 5) is 14.1. The molecule has 3 heteroatoms. The summed E-state index contributed by atoms with van der Waals surface area (Å²) in [6.07, 6.45) is 5.98. The van der Waals surface area contributed by atoms with Crippen LogP contribution in [0.5, 0.6) is 5.75 Å². The summed E-state index contributed by atoms with van der Waals surface area (Å²) in [5.74, 6) is 1.53. The minimum absolute atomic E-state index is 0.0509. The third-order valence-electron chi connectivity index (χ3n) is 4.79. The van der Waals surface area contributed by atoms with E-state index < -0.39 is 0 Å². The second-order valence-electron chi connectivity index (χ2n) is 6.71. The minimum atomic E-state index is 0.0509. The molecule has 1 aliphatic rings. The van der Waals surface area contributed by atoms with Gasteiger partial charge in [0.15, 0.2) is 0 Å². The fourth-order valence-corrected chi connectivity index (χ4v) is 2.83. The van der Waals surface area contributed by atoms with Crippen LogP contribution in [0.2, 0.25) is 0 Å². The Bertz CT molecular complexity index is 735. The van der Waals surface area contributed by atoms with Crippen molar-refractivity contribution in [2.24, 2.45) is 5.92 Å². The van der Waals surface area contributed by atoms with Gasteiger partial charge in [-0.2, -0.15) is 0 Å². The molecule has 0 aromatic heterocycles. The maximum absolute atomic E-state index is 12.3. The maximum atomic E-state index is 12.3. The van der Waals surface area contributed by atoms with Gasteiger partial charge in [-0.3, -0.25) is 4.79 Å². The van der Waals surface area contributed by atoms with Crippen LogP contribution in [0, 0.1) is 5.92 Å². The highest BCUT2D eigenvalue weighted by Gasteiger charge is 2.31. The first-order valence-electron chi connectivity index (χ1n) is 8.85. The summed E-state index contributed by atoms with van der Waals surface area (Å²) >= 11 is 0. The number of likely N-dealkylation sites (N-methyl/N-ethyl adjacent to an activating group) is 1. The van der Waals surface area contributed by atoms with Gasteiger partial charge in [-0.25, -0.2) is 0 Å². The Hall–Kier alpha value is -2.55. The van der Waals surface area contributed by atoms with Crippen molar-refractivity contribution in [3.63, 3.8) is 0 Å². The summed E-state index contributed by atoms with van der Waals surface area (Å²) in [5, 5.41) is 0. The van der Waals surface area contributed by atoms with E-state index in [1.54, 1.807) is 6.08 Å². The van der Waals surface area contributed by atoms with E-state index in [2.05, 4.69) is 6.92 Å². The third kappa shape index (κ3) is 4.96. The molecule has 0 aliphatic heterocycles. The van der Waals surface area contributed by atoms with Crippen molar-refractivity contribution in [3.05, 3.63) is 71.8 Å². The highest BCUT2D eigenvalue weighted by molar-refractivity contribution is 5.91. The van der Waals surface area contributed by atoms with Crippen LogP contribution in [0.25, 0.3) is 6.08 Å². The SMILES string of the molecule is CC(C1CC1)N(C)C(=O)/C=C/c1cccc(OCc2ccccc2)c1. The van der Waals surface area contributed by atoms with Gasteiger partial charge in [0.05, 0.1) is 0 Å². The summed E-state index contributed by atoms with van der Waals surface area (Å²) < 4.78 is 5.84. The number of hydrogen-bond acceptors (Lipinski definition) is 2. The molecule has 25 heavy (non-hydrogen) atoms. The molecule has 3 rings (SSSR count). The van der Waals surface area contributed by atoms with Gasteiger partial charge in [-0.1, -0.05) is 42.5 Å². The van der Waals surface area contributed by atoms with E-state index in [0.29, 0.717) is 18.6 Å². The predicted molar refractivity (Wildman–Crippen MR) is 101 cm³/mol. The lowest BCUT2D eigenvalue weighted by Gasteiger charge is -2.23. The van der Waals surface area contributed by atoms with E-state index >= 15 is 0 Å². The standard InChI is InChI=1S/C22H25NO2/c1-17(20-12-13-20)23(2)22(24)14-11-18-9-6-10-21(15-18)25-16-19-7-4-3-5-8-19/h3-11,14-15,17,20H,12-13,16H2,1-2H3/b14-11+. The molecule has 0 radical (unpaired) electrons. The summed E-state index contributed by atoms with van der Waals surface area (Å²) in [7, 11) is 1.88. The van der Waals surface area contributed by atoms with Crippen molar-refractivity contribution < 1.29 is 9.53 Å². The van der Waals surface area contributed by atoms with E-state index in [1.807, 2.05) is 72.6 Å². The monoisotopic (exact) mass is 335 g/mol. The lowest BCUT2D eigenvalue weighted by Crippen LogP contribution is -2.35. The largest absolute Gasteiger partial charge is 0.489 e. The Balaban J connectivity index is 1.58. The van der Waals surface area contributed by atoms with Crippen LogP contribution >= 0.6 is 0 Å². The van der Waals surface area contributed by atoms with Crippen LogP contribution in [0.15, 0.2) is 60.7 Å². The summed E-state index contributed by atoms with van der Waals surface area (Å²) in [5.41, 5.74) is 2.10. The number of benzene rings is 2. The fraction of sp³-hybridized carbons (Fsp3) is 0.318. The van der Waals surface area contributed by atoms with Crippen molar-refractivity contribution >= 4 is 12.0 Å². The van der Waals surface area contributed by atoms with Gasteiger partial charge in [0.1, 0.15) is 12.4 Å². The second-order valence-corrected chi connectivity index (χ2v) is 6.71. The number of carbonyl (C=O) groups is 1. The maximum Gasteiger partial charge on any atom is 0.246 e. The average Bonchev–Trinajstić information content (AvgIpc) is 3.49. The molecule has 0 saturated heterocycles. The first-order valence-corrected chi connectivity index (χ1v) is 8.85. The molecular weight excluding hydrogens is 310 g/mol. The number of rotatable bonds is 7. The molecule has 2 aromatic rings. The van der Waals surface area contributed by atoms with Crippen molar-refractivity contribution in [1.82, 2.24) is 4.90 Å². The zero-order valence-corrected chi connectivity index (χ0v) is 14.9. The van der Waals surface area contributed by atoms with E-state index in [0.717, 1.165) is 16.9 Å². The quantitative estimate of drug-likeness (QED) is 0.696. The van der Waals surface area contributed by atoms with E-state index in [1.165, 1.54) is 12.8 Å². The molecule has 1 atom stereocenters. The Morgan fingerprint density at radius 1 is 1.20 bits per heavy atom. The Morgan fingerprint density at radius 3 is 2.68 bits per heavy atom. The fourth-order valence-electron chi connectivity index (χ4n) is 2.83. The Kier molecular flexibility index (Phi) is 5.54. The second kappa shape index (κ2) is 8.02. The van der Waals surface area contributed by atoms with Gasteiger partial charge < -0.3 is 9.64 Å². The molecule has 1 saturated carbocycles. The van der Waals surface area contributed by atoms with Crippen LogP contribution in [0.1, 0.15) is 30.9 Å². The first-order chi connectivity index (χ1) is 12.1. The highest BCUT2D eigenvalue weighted by Crippen LogP contribution is 2.34. The molecule has 1 aliphatic carbocycles. The molecule has 2 aromatic carbocycles. The van der Waals surface area contributed by atoms with Crippen LogP contribution in [-0.4, -0.2) is 23.9 Å². The summed E-state index contributed by atoms with van der Waals surface area (Å²) in [6.45, 7) is 2.66. The van der Waals surface area contributed by atoms with Gasteiger partial charge in [0.25, 0.3) is 0 Å². The van der Waals surface area contributed by atoms with Crippen molar-refractivity contribution in [3.8, 4) is 5.75 Å². The molecule has 1 fully saturated rings. The molecule has 0 bridgehead atoms. The lowest BCUT2D eigenvalue weighted by molar-refractivity contribution is -0.126. The van der Waals surface area contributed by atoms with Gasteiger partial charge >= 0.3 is 0 Å². The predicted octanol–water partition coefficient (Wildman–Crippen LogP) is 4.54. The van der Waals surface area contributed by atoms with Crippen LogP contribution in [0.3, 0.4) is 0 Å². The normalized spacial score (nSPS) is 15.1. The first kappa shape index (κ1) is 17.3. The highest BCUT2D eigenvalue weighted by atomic mass is 16.5. The van der Waals surface area contributed by atoms with Gasteiger partial charge in [0, 0.05) is 19.2 Å². The van der Waals surface area contributed by atoms with Crippen LogP contribution < -0.4 is 4.74 Å².